The van der Waals surface area contributed by atoms with Crippen LogP contribution in [0.1, 0.15) is 206 Å². The second-order valence-electron chi connectivity index (χ2n) is 25.0. The lowest BCUT2D eigenvalue weighted by Gasteiger charge is -2.48. The first kappa shape index (κ1) is 85.2. The van der Waals surface area contributed by atoms with E-state index >= 15 is 0 Å². The van der Waals surface area contributed by atoms with Crippen LogP contribution in [-0.2, 0) is 33.2 Å². The van der Waals surface area contributed by atoms with Crippen LogP contribution in [0.3, 0.4) is 0 Å². The van der Waals surface area contributed by atoms with Crippen molar-refractivity contribution in [3.05, 3.63) is 134 Å². The Hall–Kier alpha value is -4.07. The Morgan fingerprint density at radius 1 is 0.389 bits per heavy atom. The van der Waals surface area contributed by atoms with E-state index < -0.39 is 124 Å². The third-order valence-electron chi connectivity index (χ3n) is 17.0. The van der Waals surface area contributed by atoms with Gasteiger partial charge in [-0.05, 0) is 96.3 Å². The summed E-state index contributed by atoms with van der Waals surface area (Å²) in [6, 6.07) is -0.915. The van der Waals surface area contributed by atoms with Gasteiger partial charge in [0.25, 0.3) is 0 Å². The van der Waals surface area contributed by atoms with E-state index in [-0.39, 0.29) is 18.9 Å². The van der Waals surface area contributed by atoms with Crippen molar-refractivity contribution in [2.75, 3.05) is 26.4 Å². The van der Waals surface area contributed by atoms with Gasteiger partial charge in [-0.2, -0.15) is 0 Å². The highest BCUT2D eigenvalue weighted by molar-refractivity contribution is 5.76. The third-order valence-corrected chi connectivity index (χ3v) is 17.0. The molecule has 3 heterocycles. The lowest BCUT2D eigenvalue weighted by atomic mass is 9.96. The van der Waals surface area contributed by atoms with Crippen LogP contribution < -0.4 is 5.32 Å². The first-order valence-corrected chi connectivity index (χ1v) is 35.9. The molecule has 0 radical (unpaired) electrons. The summed E-state index contributed by atoms with van der Waals surface area (Å²) in [6.45, 7) is 1.63. The van der Waals surface area contributed by atoms with E-state index in [1.165, 1.54) is 57.8 Å². The van der Waals surface area contributed by atoms with E-state index in [9.17, 15) is 61.0 Å². The molecule has 95 heavy (non-hydrogen) atoms. The van der Waals surface area contributed by atoms with Crippen molar-refractivity contribution in [1.82, 2.24) is 5.32 Å². The number of amides is 1. The van der Waals surface area contributed by atoms with Gasteiger partial charge in [0.05, 0.1) is 38.6 Å². The van der Waals surface area contributed by atoms with Gasteiger partial charge < -0.3 is 89.9 Å². The molecule has 0 spiro atoms. The summed E-state index contributed by atoms with van der Waals surface area (Å²) < 4.78 is 34.3. The van der Waals surface area contributed by atoms with Crippen molar-refractivity contribution in [3.63, 3.8) is 0 Å². The number of ether oxygens (including phenoxy) is 6. The molecule has 3 fully saturated rings. The second kappa shape index (κ2) is 55.8. The van der Waals surface area contributed by atoms with Crippen molar-refractivity contribution in [2.24, 2.45) is 0 Å². The Labute approximate surface area is 569 Å². The average molecular weight is 1340 g/mol. The van der Waals surface area contributed by atoms with Crippen molar-refractivity contribution in [3.8, 4) is 0 Å². The lowest BCUT2D eigenvalue weighted by Crippen LogP contribution is -2.66. The molecule has 0 bridgehead atoms. The summed E-state index contributed by atoms with van der Waals surface area (Å²) in [6.07, 6.45) is 51.1. The number of rotatable bonds is 53. The SMILES string of the molecule is CC/C=C\C/C=C\C/C=C\C/C=C\C/C=C\C/C=C\C/C=C\C/C=C\C/C=C\C/C=C\C/C=C\CCCCCC(=O)NC(COC1OC(CO)C(OC2OC(CO)C(OC3OC(CO)C(O)C(O)C3O)C(O)C2O)C(O)C1O)C(O)CCCCCCCCCCCCCCC. The number of carbonyl (C=O) groups excluding carboxylic acids is 1. The molecular formula is C76H125NO18. The topological polar surface area (TPSA) is 307 Å². The van der Waals surface area contributed by atoms with Crippen LogP contribution >= 0.6 is 0 Å². The van der Waals surface area contributed by atoms with Crippen LogP contribution in [0.15, 0.2) is 134 Å². The number of allylic oxidation sites excluding steroid dienone is 22. The molecule has 0 aromatic heterocycles. The summed E-state index contributed by atoms with van der Waals surface area (Å²) in [4.78, 5) is 13.4. The highest BCUT2D eigenvalue weighted by Crippen LogP contribution is 2.33. The predicted octanol–water partition coefficient (Wildman–Crippen LogP) is 10.2. The first-order chi connectivity index (χ1) is 46.3. The second-order valence-corrected chi connectivity index (χ2v) is 25.0. The molecular weight excluding hydrogens is 1210 g/mol. The molecule has 3 aliphatic rings. The molecule has 0 aromatic carbocycles. The number of aliphatic hydroxyl groups is 11. The predicted molar refractivity (Wildman–Crippen MR) is 373 cm³/mol. The third kappa shape index (κ3) is 37.1. The Morgan fingerprint density at radius 2 is 0.726 bits per heavy atom. The molecule has 0 aliphatic carbocycles. The van der Waals surface area contributed by atoms with Gasteiger partial charge in [-0.1, -0.05) is 237 Å². The number of aliphatic hydroxyl groups excluding tert-OH is 11. The van der Waals surface area contributed by atoms with E-state index in [2.05, 4.69) is 153 Å². The highest BCUT2D eigenvalue weighted by Gasteiger charge is 2.53. The fraction of sp³-hybridized carbons (Fsp3) is 0.697. The smallest absolute Gasteiger partial charge is 0.220 e. The Bertz CT molecular complexity index is 2240. The van der Waals surface area contributed by atoms with Crippen molar-refractivity contribution in [1.29, 1.82) is 0 Å². The number of carbonyl (C=O) groups is 1. The molecule has 0 aromatic rings. The molecule has 17 atom stereocenters. The highest BCUT2D eigenvalue weighted by atomic mass is 16.8. The normalized spacial score (nSPS) is 28.0. The van der Waals surface area contributed by atoms with E-state index in [1.54, 1.807) is 0 Å². The molecule has 19 nitrogen and oxygen atoms in total. The monoisotopic (exact) mass is 1340 g/mol. The molecule has 3 rings (SSSR count). The van der Waals surface area contributed by atoms with Gasteiger partial charge in [0.1, 0.15) is 73.2 Å². The molecule has 1 amide bonds. The molecule has 3 saturated heterocycles. The van der Waals surface area contributed by atoms with E-state index in [0.29, 0.717) is 19.3 Å². The van der Waals surface area contributed by atoms with Crippen LogP contribution in [0.5, 0.6) is 0 Å². The van der Waals surface area contributed by atoms with Crippen LogP contribution in [0.2, 0.25) is 0 Å². The maximum Gasteiger partial charge on any atom is 0.220 e. The molecule has 0 saturated carbocycles. The van der Waals surface area contributed by atoms with Crippen LogP contribution in [0.4, 0.5) is 0 Å². The molecule has 542 valence electrons. The van der Waals surface area contributed by atoms with Gasteiger partial charge in [0.2, 0.25) is 5.91 Å². The number of hydrogen-bond acceptors (Lipinski definition) is 18. The minimum atomic E-state index is -1.98. The Kier molecular flexibility index (Phi) is 50.0. The average Bonchev–Trinajstić information content (AvgIpc) is 0.791. The standard InChI is InChI=1S/C76H125NO18/c1-3-5-7-9-11-13-15-17-18-19-20-21-22-23-24-25-26-27-28-29-30-31-32-33-34-35-36-37-38-39-40-42-44-46-48-50-52-54-64(82)77-59(60(81)53-51-49-47-45-43-41-16-14-12-10-8-6-4-2)58-90-74-70(88)67(85)72(62(56-79)92-74)95-76-71(89)68(86)73(63(57-80)93-76)94-75-69(87)66(84)65(83)61(55-78)91-75/h5,7,11,13,17-18,20-21,23-24,26-27,29-30,32-33,35-36,38-39,42,44,59-63,65-76,78-81,83-89H,3-4,6,8-10,12,14-16,19,22,25,28,31,34,37,40-41,43,45-58H2,1-2H3,(H,77,82)/b7-5-,13-11-,18-17-,21-20-,24-23-,27-26-,30-29-,33-32-,36-35-,39-38-,44-42-. The van der Waals surface area contributed by atoms with Crippen LogP contribution in [-0.4, -0.2) is 193 Å². The van der Waals surface area contributed by atoms with Crippen LogP contribution in [0.25, 0.3) is 0 Å². The van der Waals surface area contributed by atoms with Gasteiger partial charge in [-0.25, -0.2) is 0 Å². The van der Waals surface area contributed by atoms with E-state index in [0.717, 1.165) is 109 Å². The maximum atomic E-state index is 13.4. The number of unbranched alkanes of at least 4 members (excludes halogenated alkanes) is 15. The zero-order chi connectivity index (χ0) is 68.9. The fourth-order valence-corrected chi connectivity index (χ4v) is 11.2. The Balaban J connectivity index is 1.38. The lowest BCUT2D eigenvalue weighted by molar-refractivity contribution is -0.379. The van der Waals surface area contributed by atoms with E-state index in [4.69, 9.17) is 28.4 Å². The van der Waals surface area contributed by atoms with Crippen molar-refractivity contribution in [2.45, 2.75) is 311 Å². The minimum Gasteiger partial charge on any atom is -0.394 e. The fourth-order valence-electron chi connectivity index (χ4n) is 11.2. The van der Waals surface area contributed by atoms with Gasteiger partial charge in [0, 0.05) is 6.42 Å². The molecule has 12 N–H and O–H groups in total. The summed E-state index contributed by atoms with van der Waals surface area (Å²) in [5, 5.41) is 121. The van der Waals surface area contributed by atoms with Crippen molar-refractivity contribution >= 4 is 5.91 Å². The zero-order valence-electron chi connectivity index (χ0n) is 57.3. The largest absolute Gasteiger partial charge is 0.394 e. The van der Waals surface area contributed by atoms with Gasteiger partial charge >= 0.3 is 0 Å². The summed E-state index contributed by atoms with van der Waals surface area (Å²) in [5.74, 6) is -0.281. The first-order valence-electron chi connectivity index (χ1n) is 35.9. The van der Waals surface area contributed by atoms with Gasteiger partial charge in [-0.3, -0.25) is 4.79 Å². The van der Waals surface area contributed by atoms with Crippen LogP contribution in [0, 0.1) is 0 Å². The van der Waals surface area contributed by atoms with E-state index in [1.807, 2.05) is 0 Å². The number of hydrogen-bond donors (Lipinski definition) is 12. The summed E-state index contributed by atoms with van der Waals surface area (Å²) in [7, 11) is 0. The quantitative estimate of drug-likeness (QED) is 0.0199. The zero-order valence-corrected chi connectivity index (χ0v) is 57.3. The molecule has 17 unspecified atom stereocenters. The maximum absolute atomic E-state index is 13.4. The van der Waals surface area contributed by atoms with Gasteiger partial charge in [0.15, 0.2) is 18.9 Å². The number of nitrogens with one attached hydrogen (secondary N) is 1. The van der Waals surface area contributed by atoms with Crippen molar-refractivity contribution < 1.29 is 89.4 Å². The summed E-state index contributed by atoms with van der Waals surface area (Å²) in [5.41, 5.74) is 0. The minimum absolute atomic E-state index is 0.217. The van der Waals surface area contributed by atoms with Gasteiger partial charge in [-0.15, -0.1) is 0 Å². The summed E-state index contributed by atoms with van der Waals surface area (Å²) >= 11 is 0. The molecule has 3 aliphatic heterocycles. The Morgan fingerprint density at radius 3 is 1.13 bits per heavy atom. The molecule has 19 heteroatoms.